The van der Waals surface area contributed by atoms with Gasteiger partial charge in [-0.25, -0.2) is 4.39 Å². The normalized spacial score (nSPS) is 9.88. The van der Waals surface area contributed by atoms with E-state index in [2.05, 4.69) is 4.74 Å². The summed E-state index contributed by atoms with van der Waals surface area (Å²) in [7, 11) is 2.67. The fraction of sp³-hybridized carbons (Fsp3) is 0.273. The van der Waals surface area contributed by atoms with Crippen molar-refractivity contribution in [3.05, 3.63) is 34.6 Å². The highest BCUT2D eigenvalue weighted by Crippen LogP contribution is 2.16. The Labute approximate surface area is 103 Å². The van der Waals surface area contributed by atoms with Crippen molar-refractivity contribution in [2.45, 2.75) is 0 Å². The summed E-state index contributed by atoms with van der Waals surface area (Å²) in [6.07, 6.45) is 0. The molecule has 0 saturated carbocycles. The molecule has 6 heteroatoms. The number of carbonyl (C=O) groups excluding carboxylic acids is 2. The van der Waals surface area contributed by atoms with Crippen LogP contribution < -0.4 is 0 Å². The smallest absolute Gasteiger partial charge is 0.325 e. The largest absolute Gasteiger partial charge is 0.468 e. The van der Waals surface area contributed by atoms with Crippen molar-refractivity contribution in [2.75, 3.05) is 20.7 Å². The maximum Gasteiger partial charge on any atom is 0.325 e. The van der Waals surface area contributed by atoms with E-state index in [1.165, 1.54) is 26.3 Å². The topological polar surface area (TPSA) is 46.6 Å². The van der Waals surface area contributed by atoms with Crippen LogP contribution in [0.4, 0.5) is 4.39 Å². The number of amides is 1. The number of rotatable bonds is 3. The van der Waals surface area contributed by atoms with Gasteiger partial charge in [0.05, 0.1) is 12.1 Å². The first kappa shape index (κ1) is 13.4. The van der Waals surface area contributed by atoms with Crippen LogP contribution in [0.25, 0.3) is 0 Å². The van der Waals surface area contributed by atoms with Crippen LogP contribution in [0.3, 0.4) is 0 Å². The fourth-order valence-electron chi connectivity index (χ4n) is 1.18. The molecule has 0 saturated heterocycles. The lowest BCUT2D eigenvalue weighted by Crippen LogP contribution is -2.32. The molecular formula is C11H11ClFNO3. The summed E-state index contributed by atoms with van der Waals surface area (Å²) >= 11 is 5.56. The molecule has 0 spiro atoms. The summed E-state index contributed by atoms with van der Waals surface area (Å²) in [6, 6.07) is 3.62. The maximum absolute atomic E-state index is 12.9. The SMILES string of the molecule is COC(=O)CN(C)C(=O)c1ccc(F)c(Cl)c1. The van der Waals surface area contributed by atoms with E-state index in [1.54, 1.807) is 0 Å². The van der Waals surface area contributed by atoms with E-state index < -0.39 is 17.7 Å². The number of ether oxygens (including phenoxy) is 1. The zero-order valence-electron chi connectivity index (χ0n) is 9.37. The Morgan fingerprint density at radius 2 is 2.12 bits per heavy atom. The van der Waals surface area contributed by atoms with Gasteiger partial charge in [0, 0.05) is 12.6 Å². The lowest BCUT2D eigenvalue weighted by molar-refractivity contribution is -0.141. The minimum atomic E-state index is -0.598. The van der Waals surface area contributed by atoms with Crippen LogP contribution in [0.5, 0.6) is 0 Å². The molecule has 1 amide bonds. The van der Waals surface area contributed by atoms with Gasteiger partial charge in [0.15, 0.2) is 0 Å². The zero-order chi connectivity index (χ0) is 13.0. The van der Waals surface area contributed by atoms with E-state index in [-0.39, 0.29) is 17.1 Å². The number of methoxy groups -OCH3 is 1. The quantitative estimate of drug-likeness (QED) is 0.777. The van der Waals surface area contributed by atoms with Crippen molar-refractivity contribution < 1.29 is 18.7 Å². The van der Waals surface area contributed by atoms with E-state index in [0.717, 1.165) is 11.0 Å². The fourth-order valence-corrected chi connectivity index (χ4v) is 1.36. The van der Waals surface area contributed by atoms with Gasteiger partial charge in [-0.15, -0.1) is 0 Å². The maximum atomic E-state index is 12.9. The van der Waals surface area contributed by atoms with Crippen molar-refractivity contribution in [3.63, 3.8) is 0 Å². The van der Waals surface area contributed by atoms with E-state index >= 15 is 0 Å². The Morgan fingerprint density at radius 3 is 2.65 bits per heavy atom. The lowest BCUT2D eigenvalue weighted by Gasteiger charge is -2.15. The van der Waals surface area contributed by atoms with Gasteiger partial charge in [-0.05, 0) is 18.2 Å². The van der Waals surface area contributed by atoms with Gasteiger partial charge >= 0.3 is 5.97 Å². The van der Waals surface area contributed by atoms with Crippen molar-refractivity contribution >= 4 is 23.5 Å². The number of hydrogen-bond acceptors (Lipinski definition) is 3. The summed E-state index contributed by atoms with van der Waals surface area (Å²) in [5.74, 6) is -1.56. The molecule has 0 aliphatic rings. The Morgan fingerprint density at radius 1 is 1.47 bits per heavy atom. The average molecular weight is 260 g/mol. The summed E-state index contributed by atoms with van der Waals surface area (Å²) in [6.45, 7) is -0.176. The first-order chi connectivity index (χ1) is 7.95. The third-order valence-corrected chi connectivity index (χ3v) is 2.40. The molecule has 0 unspecified atom stereocenters. The van der Waals surface area contributed by atoms with Gasteiger partial charge in [-0.1, -0.05) is 11.6 Å². The van der Waals surface area contributed by atoms with Crippen LogP contribution in [0, 0.1) is 5.82 Å². The molecule has 92 valence electrons. The second-order valence-electron chi connectivity index (χ2n) is 3.37. The molecule has 0 atom stereocenters. The molecule has 0 aromatic heterocycles. The molecule has 0 heterocycles. The Bertz CT molecular complexity index is 450. The predicted octanol–water partition coefficient (Wildman–Crippen LogP) is 1.72. The second-order valence-corrected chi connectivity index (χ2v) is 3.77. The number of benzene rings is 1. The molecule has 0 radical (unpaired) electrons. The third kappa shape index (κ3) is 3.42. The second kappa shape index (κ2) is 5.63. The summed E-state index contributed by atoms with van der Waals surface area (Å²) in [5.41, 5.74) is 0.211. The van der Waals surface area contributed by atoms with Gasteiger partial charge in [-0.2, -0.15) is 0 Å². The van der Waals surface area contributed by atoms with Crippen LogP contribution in [0.2, 0.25) is 5.02 Å². The molecule has 0 bridgehead atoms. The molecular weight excluding hydrogens is 249 g/mol. The number of halogens is 2. The Balaban J connectivity index is 2.81. The van der Waals surface area contributed by atoms with Crippen LogP contribution in [-0.4, -0.2) is 37.5 Å². The Hall–Kier alpha value is -1.62. The number of nitrogens with zero attached hydrogens (tertiary/aromatic N) is 1. The van der Waals surface area contributed by atoms with Crippen LogP contribution in [0.15, 0.2) is 18.2 Å². The summed E-state index contributed by atoms with van der Waals surface area (Å²) in [4.78, 5) is 23.9. The van der Waals surface area contributed by atoms with Crippen molar-refractivity contribution in [1.29, 1.82) is 0 Å². The number of likely N-dealkylation sites (N-methyl/N-ethyl adjacent to an activating group) is 1. The van der Waals surface area contributed by atoms with Crippen LogP contribution in [0.1, 0.15) is 10.4 Å². The molecule has 1 rings (SSSR count). The Kier molecular flexibility index (Phi) is 4.45. The van der Waals surface area contributed by atoms with Crippen molar-refractivity contribution in [2.24, 2.45) is 0 Å². The van der Waals surface area contributed by atoms with Gasteiger partial charge in [0.1, 0.15) is 12.4 Å². The molecule has 0 fully saturated rings. The molecule has 4 nitrogen and oxygen atoms in total. The first-order valence-corrected chi connectivity index (χ1v) is 5.11. The lowest BCUT2D eigenvalue weighted by atomic mass is 10.2. The van der Waals surface area contributed by atoms with E-state index in [1.807, 2.05) is 0 Å². The average Bonchev–Trinajstić information content (AvgIpc) is 2.31. The van der Waals surface area contributed by atoms with Gasteiger partial charge in [0.25, 0.3) is 5.91 Å². The van der Waals surface area contributed by atoms with Crippen LogP contribution in [-0.2, 0) is 9.53 Å². The highest BCUT2D eigenvalue weighted by atomic mass is 35.5. The minimum Gasteiger partial charge on any atom is -0.468 e. The number of carbonyl (C=O) groups is 2. The number of hydrogen-bond donors (Lipinski definition) is 0. The predicted molar refractivity (Wildman–Crippen MR) is 60.4 cm³/mol. The zero-order valence-corrected chi connectivity index (χ0v) is 10.1. The highest BCUT2D eigenvalue weighted by Gasteiger charge is 2.16. The van der Waals surface area contributed by atoms with Crippen molar-refractivity contribution in [1.82, 2.24) is 4.90 Å². The molecule has 17 heavy (non-hydrogen) atoms. The van der Waals surface area contributed by atoms with E-state index in [9.17, 15) is 14.0 Å². The molecule has 0 aliphatic carbocycles. The van der Waals surface area contributed by atoms with Gasteiger partial charge in [0.2, 0.25) is 0 Å². The third-order valence-electron chi connectivity index (χ3n) is 2.11. The molecule has 1 aromatic rings. The molecule has 0 N–H and O–H groups in total. The van der Waals surface area contributed by atoms with E-state index in [4.69, 9.17) is 11.6 Å². The summed E-state index contributed by atoms with van der Waals surface area (Å²) < 4.78 is 17.3. The van der Waals surface area contributed by atoms with Crippen LogP contribution >= 0.6 is 11.6 Å². The van der Waals surface area contributed by atoms with Gasteiger partial charge in [-0.3, -0.25) is 9.59 Å². The molecule has 1 aromatic carbocycles. The molecule has 0 aliphatic heterocycles. The number of esters is 1. The minimum absolute atomic E-state index is 0.137. The van der Waals surface area contributed by atoms with Crippen molar-refractivity contribution in [3.8, 4) is 0 Å². The first-order valence-electron chi connectivity index (χ1n) is 4.73. The standard InChI is InChI=1S/C11H11ClFNO3/c1-14(6-10(15)17-2)11(16)7-3-4-9(13)8(12)5-7/h3-5H,6H2,1-2H3. The highest BCUT2D eigenvalue weighted by molar-refractivity contribution is 6.31. The summed E-state index contributed by atoms with van der Waals surface area (Å²) in [5, 5.41) is -0.137. The van der Waals surface area contributed by atoms with E-state index in [0.29, 0.717) is 0 Å². The monoisotopic (exact) mass is 259 g/mol. The van der Waals surface area contributed by atoms with Gasteiger partial charge < -0.3 is 9.64 Å².